The van der Waals surface area contributed by atoms with Crippen molar-refractivity contribution in [3.63, 3.8) is 0 Å². The van der Waals surface area contributed by atoms with Crippen molar-refractivity contribution in [2.75, 3.05) is 6.61 Å². The number of ether oxygens (including phenoxy) is 1. The average molecular weight is 476 g/mol. The molecule has 0 saturated heterocycles. The van der Waals surface area contributed by atoms with Crippen LogP contribution < -0.4 is 10.3 Å². The summed E-state index contributed by atoms with van der Waals surface area (Å²) in [5, 5.41) is 7.17. The molecule has 0 saturated carbocycles. The Bertz CT molecular complexity index is 1360. The van der Waals surface area contributed by atoms with Gasteiger partial charge in [0.25, 0.3) is 5.56 Å². The summed E-state index contributed by atoms with van der Waals surface area (Å²) in [6.07, 6.45) is 4.89. The van der Waals surface area contributed by atoms with Crippen LogP contribution in [0.4, 0.5) is 0 Å². The number of aromatic nitrogens is 2. The van der Waals surface area contributed by atoms with Crippen LogP contribution in [0.3, 0.4) is 0 Å². The number of benzene rings is 3. The lowest BCUT2D eigenvalue weighted by atomic mass is 10.0. The van der Waals surface area contributed by atoms with Crippen molar-refractivity contribution in [2.45, 2.75) is 19.8 Å². The van der Waals surface area contributed by atoms with Crippen LogP contribution in [0.25, 0.3) is 21.7 Å². The van der Waals surface area contributed by atoms with Crippen LogP contribution in [0, 0.1) is 0 Å². The van der Waals surface area contributed by atoms with Crippen molar-refractivity contribution < 1.29 is 4.74 Å². The van der Waals surface area contributed by atoms with Gasteiger partial charge in [0.1, 0.15) is 18.2 Å². The highest BCUT2D eigenvalue weighted by Crippen LogP contribution is 2.27. The van der Waals surface area contributed by atoms with Crippen LogP contribution in [0.15, 0.2) is 81.6 Å². The highest BCUT2D eigenvalue weighted by Gasteiger charge is 2.12. The Morgan fingerprint density at radius 1 is 1.16 bits per heavy atom. The molecule has 0 spiro atoms. The third-order valence-electron chi connectivity index (χ3n) is 4.94. The number of rotatable bonds is 7. The maximum atomic E-state index is 13.3. The van der Waals surface area contributed by atoms with Crippen LogP contribution in [-0.4, -0.2) is 22.5 Å². The first-order valence-corrected chi connectivity index (χ1v) is 10.9. The summed E-state index contributed by atoms with van der Waals surface area (Å²) >= 11 is 3.44. The third kappa shape index (κ3) is 4.30. The molecule has 0 aliphatic heterocycles. The van der Waals surface area contributed by atoms with E-state index in [2.05, 4.69) is 34.5 Å². The first-order valence-electron chi connectivity index (χ1n) is 10.1. The van der Waals surface area contributed by atoms with Crippen LogP contribution in [0.2, 0.25) is 0 Å². The highest BCUT2D eigenvalue weighted by molar-refractivity contribution is 9.10. The van der Waals surface area contributed by atoms with E-state index < -0.39 is 0 Å². The lowest BCUT2D eigenvalue weighted by Crippen LogP contribution is -2.22. The van der Waals surface area contributed by atoms with Gasteiger partial charge in [-0.1, -0.05) is 65.8 Å². The van der Waals surface area contributed by atoms with Gasteiger partial charge in [0.15, 0.2) is 0 Å². The van der Waals surface area contributed by atoms with E-state index in [0.29, 0.717) is 35.5 Å². The number of halogens is 1. The minimum Gasteiger partial charge on any atom is -0.489 e. The van der Waals surface area contributed by atoms with Gasteiger partial charge in [0.05, 0.1) is 17.1 Å². The van der Waals surface area contributed by atoms with Gasteiger partial charge in [0.2, 0.25) is 0 Å². The van der Waals surface area contributed by atoms with Crippen LogP contribution in [-0.2, 0) is 6.42 Å². The van der Waals surface area contributed by atoms with E-state index in [1.807, 2.05) is 48.5 Å². The summed E-state index contributed by atoms with van der Waals surface area (Å²) in [4.78, 5) is 18.0. The summed E-state index contributed by atoms with van der Waals surface area (Å²) in [5.41, 5.74) is 1.28. The van der Waals surface area contributed by atoms with E-state index in [0.717, 1.165) is 27.2 Å². The van der Waals surface area contributed by atoms with Crippen LogP contribution in [0.5, 0.6) is 5.75 Å². The molecule has 1 heterocycles. The van der Waals surface area contributed by atoms with E-state index in [9.17, 15) is 4.79 Å². The molecule has 0 bridgehead atoms. The Labute approximate surface area is 188 Å². The SMILES string of the molecule is C=CCOc1ccc2ccccc2c1C=Nn1c(CCC)nc2ccc(Br)cc2c1=O. The molecule has 4 rings (SSSR count). The fourth-order valence-corrected chi connectivity index (χ4v) is 3.86. The second kappa shape index (κ2) is 9.27. The van der Waals surface area contributed by atoms with Crippen molar-refractivity contribution >= 4 is 43.8 Å². The Kier molecular flexibility index (Phi) is 6.28. The van der Waals surface area contributed by atoms with Gasteiger partial charge in [-0.25, -0.2) is 4.98 Å². The van der Waals surface area contributed by atoms with E-state index in [4.69, 9.17) is 9.72 Å². The summed E-state index contributed by atoms with van der Waals surface area (Å²) in [7, 11) is 0. The van der Waals surface area contributed by atoms with Crippen molar-refractivity contribution in [2.24, 2.45) is 5.10 Å². The van der Waals surface area contributed by atoms with Crippen molar-refractivity contribution in [3.8, 4) is 5.75 Å². The minimum absolute atomic E-state index is 0.195. The molecule has 4 aromatic rings. The maximum absolute atomic E-state index is 13.3. The van der Waals surface area contributed by atoms with Gasteiger partial charge in [0, 0.05) is 16.5 Å². The van der Waals surface area contributed by atoms with E-state index in [-0.39, 0.29) is 5.56 Å². The highest BCUT2D eigenvalue weighted by atomic mass is 79.9. The Hall–Kier alpha value is -3.25. The second-order valence-electron chi connectivity index (χ2n) is 7.10. The van der Waals surface area contributed by atoms with Gasteiger partial charge in [-0.3, -0.25) is 4.79 Å². The third-order valence-corrected chi connectivity index (χ3v) is 5.43. The fourth-order valence-electron chi connectivity index (χ4n) is 3.50. The topological polar surface area (TPSA) is 56.5 Å². The zero-order valence-electron chi connectivity index (χ0n) is 17.2. The quantitative estimate of drug-likeness (QED) is 0.254. The molecule has 1 aromatic heterocycles. The molecule has 0 N–H and O–H groups in total. The molecule has 5 nitrogen and oxygen atoms in total. The molecule has 3 aromatic carbocycles. The Morgan fingerprint density at radius 2 is 2.00 bits per heavy atom. The zero-order chi connectivity index (χ0) is 21.8. The maximum Gasteiger partial charge on any atom is 0.282 e. The van der Waals surface area contributed by atoms with E-state index in [1.165, 1.54) is 4.68 Å². The van der Waals surface area contributed by atoms with Crippen LogP contribution in [0.1, 0.15) is 24.7 Å². The van der Waals surface area contributed by atoms with Gasteiger partial charge in [-0.2, -0.15) is 9.78 Å². The Morgan fingerprint density at radius 3 is 2.81 bits per heavy atom. The molecular formula is C25H22BrN3O2. The molecule has 31 heavy (non-hydrogen) atoms. The Balaban J connectivity index is 1.91. The minimum atomic E-state index is -0.195. The van der Waals surface area contributed by atoms with Gasteiger partial charge in [-0.15, -0.1) is 0 Å². The molecule has 6 heteroatoms. The van der Waals surface area contributed by atoms with Gasteiger partial charge in [-0.05, 0) is 41.5 Å². The summed E-state index contributed by atoms with van der Waals surface area (Å²) in [6, 6.07) is 17.5. The summed E-state index contributed by atoms with van der Waals surface area (Å²) in [5.74, 6) is 1.32. The smallest absolute Gasteiger partial charge is 0.282 e. The number of fused-ring (bicyclic) bond motifs is 2. The molecule has 0 fully saturated rings. The first kappa shape index (κ1) is 21.0. The van der Waals surface area contributed by atoms with Gasteiger partial charge < -0.3 is 4.74 Å². The molecule has 0 aliphatic carbocycles. The summed E-state index contributed by atoms with van der Waals surface area (Å²) < 4.78 is 8.08. The molecular weight excluding hydrogens is 454 g/mol. The lowest BCUT2D eigenvalue weighted by molar-refractivity contribution is 0.363. The lowest BCUT2D eigenvalue weighted by Gasteiger charge is -2.12. The predicted molar refractivity (Wildman–Crippen MR) is 130 cm³/mol. The largest absolute Gasteiger partial charge is 0.489 e. The van der Waals surface area contributed by atoms with Crippen molar-refractivity contribution in [3.05, 3.63) is 93.5 Å². The molecule has 0 unspecified atom stereocenters. The monoisotopic (exact) mass is 475 g/mol. The zero-order valence-corrected chi connectivity index (χ0v) is 18.8. The number of hydrogen-bond donors (Lipinski definition) is 0. The normalized spacial score (nSPS) is 11.4. The van der Waals surface area contributed by atoms with Gasteiger partial charge >= 0.3 is 0 Å². The number of nitrogens with zero attached hydrogens (tertiary/aromatic N) is 3. The summed E-state index contributed by atoms with van der Waals surface area (Å²) in [6.45, 7) is 6.16. The van der Waals surface area contributed by atoms with Crippen molar-refractivity contribution in [1.29, 1.82) is 0 Å². The van der Waals surface area contributed by atoms with Crippen molar-refractivity contribution in [1.82, 2.24) is 9.66 Å². The molecule has 0 aliphatic rings. The first-order chi connectivity index (χ1) is 15.1. The standard InChI is InChI=1S/C25H22BrN3O2/c1-3-7-24-28-22-12-11-18(26)15-20(22)25(30)29(24)27-16-21-19-9-6-5-8-17(19)10-13-23(21)31-14-4-2/h4-6,8-13,15-16H,2-3,7,14H2,1H3. The molecule has 0 amide bonds. The predicted octanol–water partition coefficient (Wildman–Crippen LogP) is 5.71. The van der Waals surface area contributed by atoms with E-state index in [1.54, 1.807) is 18.4 Å². The number of aryl methyl sites for hydroxylation is 1. The van der Waals surface area contributed by atoms with Crippen LogP contribution >= 0.6 is 15.9 Å². The van der Waals surface area contributed by atoms with E-state index >= 15 is 0 Å². The second-order valence-corrected chi connectivity index (χ2v) is 8.01. The average Bonchev–Trinajstić information content (AvgIpc) is 2.78. The number of hydrogen-bond acceptors (Lipinski definition) is 4. The molecule has 156 valence electrons. The molecule has 0 radical (unpaired) electrons. The molecule has 0 atom stereocenters. The fraction of sp³-hybridized carbons (Fsp3) is 0.160.